The van der Waals surface area contributed by atoms with Crippen molar-refractivity contribution in [1.29, 1.82) is 0 Å². The van der Waals surface area contributed by atoms with Crippen LogP contribution in [0.4, 0.5) is 0 Å². The fraction of sp³-hybridized carbons (Fsp3) is 0.450. The molecule has 2 aromatic heterocycles. The van der Waals surface area contributed by atoms with Gasteiger partial charge in [0, 0.05) is 19.5 Å². The molecule has 4 rings (SSSR count). The average molecular weight is 396 g/mol. The van der Waals surface area contributed by atoms with Crippen LogP contribution < -0.4 is 4.74 Å². The van der Waals surface area contributed by atoms with Gasteiger partial charge in [-0.2, -0.15) is 4.98 Å². The van der Waals surface area contributed by atoms with E-state index >= 15 is 0 Å². The molecule has 0 saturated carbocycles. The lowest BCUT2D eigenvalue weighted by Gasteiger charge is -2.32. The Labute approximate surface area is 168 Å². The summed E-state index contributed by atoms with van der Waals surface area (Å²) in [5.74, 6) is 1.94. The minimum Gasteiger partial charge on any atom is -0.497 e. The Bertz CT molecular complexity index is 974. The molecule has 1 aliphatic rings. The van der Waals surface area contributed by atoms with Gasteiger partial charge in [-0.25, -0.2) is 4.68 Å². The number of amides is 1. The number of hydrogen-bond acceptors (Lipinski definition) is 7. The van der Waals surface area contributed by atoms with E-state index in [1.165, 1.54) is 0 Å². The first-order valence-electron chi connectivity index (χ1n) is 9.81. The monoisotopic (exact) mass is 396 g/mol. The Morgan fingerprint density at radius 1 is 1.31 bits per heavy atom. The SMILES string of the molecule is CCc1noc(-c2cn(C3CCN(C(=O)Cc4cccc(OC)c4)CC3)nn2)n1. The Morgan fingerprint density at radius 2 is 2.14 bits per heavy atom. The van der Waals surface area contributed by atoms with Crippen LogP contribution in [0.3, 0.4) is 0 Å². The number of carbonyl (C=O) groups is 1. The number of rotatable bonds is 6. The third kappa shape index (κ3) is 4.28. The molecule has 1 amide bonds. The number of likely N-dealkylation sites (tertiary alicyclic amines) is 1. The van der Waals surface area contributed by atoms with Gasteiger partial charge in [0.05, 0.1) is 25.8 Å². The molecular formula is C20H24N6O3. The molecule has 0 unspecified atom stereocenters. The molecule has 3 heterocycles. The van der Waals surface area contributed by atoms with Crippen LogP contribution in [0.1, 0.15) is 37.2 Å². The molecule has 0 spiro atoms. The Kier molecular flexibility index (Phi) is 5.55. The number of hydrogen-bond donors (Lipinski definition) is 0. The van der Waals surface area contributed by atoms with E-state index < -0.39 is 0 Å². The summed E-state index contributed by atoms with van der Waals surface area (Å²) in [5, 5.41) is 12.3. The van der Waals surface area contributed by atoms with Gasteiger partial charge in [-0.1, -0.05) is 29.4 Å². The molecule has 1 aromatic carbocycles. The average Bonchev–Trinajstić information content (AvgIpc) is 3.43. The van der Waals surface area contributed by atoms with Gasteiger partial charge in [0.2, 0.25) is 5.91 Å². The Balaban J connectivity index is 1.34. The summed E-state index contributed by atoms with van der Waals surface area (Å²) >= 11 is 0. The molecule has 29 heavy (non-hydrogen) atoms. The highest BCUT2D eigenvalue weighted by molar-refractivity contribution is 5.79. The maximum Gasteiger partial charge on any atom is 0.280 e. The van der Waals surface area contributed by atoms with Crippen molar-refractivity contribution in [2.45, 2.75) is 38.6 Å². The zero-order chi connectivity index (χ0) is 20.2. The van der Waals surface area contributed by atoms with Crippen molar-refractivity contribution < 1.29 is 14.1 Å². The molecule has 1 saturated heterocycles. The van der Waals surface area contributed by atoms with Crippen LogP contribution in [-0.4, -0.2) is 56.1 Å². The predicted molar refractivity (Wildman–Crippen MR) is 104 cm³/mol. The Hall–Kier alpha value is -3.23. The van der Waals surface area contributed by atoms with Gasteiger partial charge in [-0.05, 0) is 30.5 Å². The summed E-state index contributed by atoms with van der Waals surface area (Å²) in [6.45, 7) is 3.36. The smallest absolute Gasteiger partial charge is 0.280 e. The van der Waals surface area contributed by atoms with Crippen molar-refractivity contribution in [3.63, 3.8) is 0 Å². The molecule has 0 radical (unpaired) electrons. The summed E-state index contributed by atoms with van der Waals surface area (Å²) in [6.07, 6.45) is 4.59. The van der Waals surface area contributed by atoms with E-state index in [0.29, 0.717) is 43.3 Å². The van der Waals surface area contributed by atoms with Crippen LogP contribution >= 0.6 is 0 Å². The van der Waals surface area contributed by atoms with Crippen LogP contribution in [0.2, 0.25) is 0 Å². The lowest BCUT2D eigenvalue weighted by Crippen LogP contribution is -2.40. The van der Waals surface area contributed by atoms with E-state index in [4.69, 9.17) is 9.26 Å². The number of carbonyl (C=O) groups excluding carboxylic acids is 1. The van der Waals surface area contributed by atoms with Crippen LogP contribution in [0.15, 0.2) is 35.0 Å². The van der Waals surface area contributed by atoms with Gasteiger partial charge in [-0.15, -0.1) is 5.10 Å². The fourth-order valence-electron chi connectivity index (χ4n) is 3.50. The molecule has 1 fully saturated rings. The normalized spacial score (nSPS) is 14.9. The van der Waals surface area contributed by atoms with E-state index in [2.05, 4.69) is 20.5 Å². The van der Waals surface area contributed by atoms with Gasteiger partial charge in [0.25, 0.3) is 5.89 Å². The third-order valence-corrected chi connectivity index (χ3v) is 5.19. The van der Waals surface area contributed by atoms with E-state index in [-0.39, 0.29) is 11.9 Å². The second-order valence-electron chi connectivity index (χ2n) is 7.09. The lowest BCUT2D eigenvalue weighted by atomic mass is 10.0. The lowest BCUT2D eigenvalue weighted by molar-refractivity contribution is -0.131. The van der Waals surface area contributed by atoms with Gasteiger partial charge in [0.1, 0.15) is 5.75 Å². The highest BCUT2D eigenvalue weighted by atomic mass is 16.5. The van der Waals surface area contributed by atoms with Gasteiger partial charge < -0.3 is 14.2 Å². The van der Waals surface area contributed by atoms with Crippen molar-refractivity contribution in [2.24, 2.45) is 0 Å². The number of ether oxygens (including phenoxy) is 1. The largest absolute Gasteiger partial charge is 0.497 e. The molecular weight excluding hydrogens is 372 g/mol. The van der Waals surface area contributed by atoms with Crippen molar-refractivity contribution in [3.05, 3.63) is 41.9 Å². The fourth-order valence-corrected chi connectivity index (χ4v) is 3.50. The number of methoxy groups -OCH3 is 1. The topological polar surface area (TPSA) is 99.2 Å². The molecule has 1 aliphatic heterocycles. The summed E-state index contributed by atoms with van der Waals surface area (Å²) in [4.78, 5) is 18.9. The van der Waals surface area contributed by atoms with Gasteiger partial charge >= 0.3 is 0 Å². The summed E-state index contributed by atoms with van der Waals surface area (Å²) in [7, 11) is 1.63. The first-order chi connectivity index (χ1) is 14.2. The van der Waals surface area contributed by atoms with Gasteiger partial charge in [0.15, 0.2) is 11.5 Å². The molecule has 0 aliphatic carbocycles. The van der Waals surface area contributed by atoms with Crippen LogP contribution in [0, 0.1) is 0 Å². The second kappa shape index (κ2) is 8.42. The Morgan fingerprint density at radius 3 is 2.86 bits per heavy atom. The van der Waals surface area contributed by atoms with Crippen molar-refractivity contribution in [1.82, 2.24) is 30.0 Å². The number of piperidine rings is 1. The number of aromatic nitrogens is 5. The van der Waals surface area contributed by atoms with Gasteiger partial charge in [-0.3, -0.25) is 4.79 Å². The quantitative estimate of drug-likeness (QED) is 0.630. The summed E-state index contributed by atoms with van der Waals surface area (Å²) in [5.41, 5.74) is 1.54. The second-order valence-corrected chi connectivity index (χ2v) is 7.09. The molecule has 9 heteroatoms. The maximum absolute atomic E-state index is 12.7. The molecule has 0 atom stereocenters. The maximum atomic E-state index is 12.7. The third-order valence-electron chi connectivity index (χ3n) is 5.19. The van der Waals surface area contributed by atoms with Crippen LogP contribution in [0.5, 0.6) is 5.75 Å². The number of aryl methyl sites for hydroxylation is 1. The first kappa shape index (κ1) is 19.1. The zero-order valence-corrected chi connectivity index (χ0v) is 16.6. The predicted octanol–water partition coefficient (Wildman–Crippen LogP) is 2.31. The van der Waals surface area contributed by atoms with E-state index in [1.54, 1.807) is 7.11 Å². The molecule has 3 aromatic rings. The first-order valence-corrected chi connectivity index (χ1v) is 9.81. The van der Waals surface area contributed by atoms with Crippen molar-refractivity contribution in [3.8, 4) is 17.3 Å². The molecule has 0 N–H and O–H groups in total. The summed E-state index contributed by atoms with van der Waals surface area (Å²) in [6, 6.07) is 7.84. The van der Waals surface area contributed by atoms with Crippen LogP contribution in [-0.2, 0) is 17.6 Å². The minimum absolute atomic E-state index is 0.133. The molecule has 0 bridgehead atoms. The highest BCUT2D eigenvalue weighted by Gasteiger charge is 2.25. The number of benzene rings is 1. The zero-order valence-electron chi connectivity index (χ0n) is 16.6. The van der Waals surface area contributed by atoms with E-state index in [0.717, 1.165) is 24.2 Å². The van der Waals surface area contributed by atoms with Crippen molar-refractivity contribution in [2.75, 3.05) is 20.2 Å². The standard InChI is InChI=1S/C20H24N6O3/c1-3-18-21-20(29-23-18)17-13-26(24-22-17)15-7-9-25(10-8-15)19(27)12-14-5-4-6-16(11-14)28-2/h4-6,11,13,15H,3,7-10,12H2,1-2H3. The highest BCUT2D eigenvalue weighted by Crippen LogP contribution is 2.24. The molecule has 152 valence electrons. The van der Waals surface area contributed by atoms with E-state index in [1.807, 2.05) is 47.0 Å². The van der Waals surface area contributed by atoms with Crippen molar-refractivity contribution >= 4 is 5.91 Å². The van der Waals surface area contributed by atoms with E-state index in [9.17, 15) is 4.79 Å². The molecule has 9 nitrogen and oxygen atoms in total. The minimum atomic E-state index is 0.133. The van der Waals surface area contributed by atoms with Crippen LogP contribution in [0.25, 0.3) is 11.6 Å². The number of nitrogens with zero attached hydrogens (tertiary/aromatic N) is 6. The summed E-state index contributed by atoms with van der Waals surface area (Å²) < 4.78 is 12.3.